The van der Waals surface area contributed by atoms with Crippen LogP contribution in [0.2, 0.25) is 0 Å². The Kier molecular flexibility index (Phi) is 2.72. The molecule has 0 saturated heterocycles. The Morgan fingerprint density at radius 3 is 2.88 bits per heavy atom. The Morgan fingerprint density at radius 1 is 1.44 bits per heavy atom. The number of hydrogen-bond donors (Lipinski definition) is 1. The Labute approximate surface area is 93.1 Å². The van der Waals surface area contributed by atoms with Crippen molar-refractivity contribution >= 4 is 5.82 Å². The van der Waals surface area contributed by atoms with Crippen molar-refractivity contribution in [2.45, 2.75) is 13.8 Å². The van der Waals surface area contributed by atoms with Gasteiger partial charge in [0, 0.05) is 24.0 Å². The lowest BCUT2D eigenvalue weighted by atomic mass is 10.4. The molecule has 2 heterocycles. The van der Waals surface area contributed by atoms with Gasteiger partial charge in [-0.05, 0) is 13.8 Å². The van der Waals surface area contributed by atoms with E-state index in [9.17, 15) is 0 Å². The average molecular weight is 219 g/mol. The van der Waals surface area contributed by atoms with Gasteiger partial charge in [-0.25, -0.2) is 9.67 Å². The molecule has 0 aliphatic carbocycles. The van der Waals surface area contributed by atoms with Crippen molar-refractivity contribution in [1.82, 2.24) is 19.7 Å². The predicted molar refractivity (Wildman–Crippen MR) is 59.5 cm³/mol. The molecule has 0 aromatic carbocycles. The molecule has 6 heteroatoms. The Balaban J connectivity index is 2.40. The minimum absolute atomic E-state index is 0.433. The third-order valence-corrected chi connectivity index (χ3v) is 1.93. The van der Waals surface area contributed by atoms with E-state index in [1.54, 1.807) is 18.3 Å². The van der Waals surface area contributed by atoms with Crippen LogP contribution in [0.4, 0.5) is 5.82 Å². The van der Waals surface area contributed by atoms with Crippen LogP contribution in [0.3, 0.4) is 0 Å². The summed E-state index contributed by atoms with van der Waals surface area (Å²) in [7, 11) is 0. The second-order valence-electron chi connectivity index (χ2n) is 3.27. The summed E-state index contributed by atoms with van der Waals surface area (Å²) in [6.07, 6.45) is 1.71. The summed E-state index contributed by atoms with van der Waals surface area (Å²) in [5, 5.41) is 4.04. The highest BCUT2D eigenvalue weighted by molar-refractivity contribution is 5.29. The zero-order valence-electron chi connectivity index (χ0n) is 9.21. The van der Waals surface area contributed by atoms with Crippen LogP contribution in [0, 0.1) is 6.92 Å². The maximum Gasteiger partial charge on any atom is 0.254 e. The fraction of sp³-hybridized carbons (Fsp3) is 0.300. The van der Waals surface area contributed by atoms with Gasteiger partial charge in [-0.3, -0.25) is 0 Å². The third-order valence-electron chi connectivity index (χ3n) is 1.93. The highest BCUT2D eigenvalue weighted by Crippen LogP contribution is 2.11. The molecular weight excluding hydrogens is 206 g/mol. The fourth-order valence-corrected chi connectivity index (χ4v) is 1.30. The van der Waals surface area contributed by atoms with Gasteiger partial charge >= 0.3 is 0 Å². The second kappa shape index (κ2) is 4.18. The van der Waals surface area contributed by atoms with Crippen LogP contribution in [0.15, 0.2) is 18.3 Å². The lowest BCUT2D eigenvalue weighted by molar-refractivity contribution is 0.325. The van der Waals surface area contributed by atoms with Crippen LogP contribution in [-0.4, -0.2) is 26.4 Å². The van der Waals surface area contributed by atoms with Gasteiger partial charge in [0.25, 0.3) is 5.95 Å². The quantitative estimate of drug-likeness (QED) is 0.831. The monoisotopic (exact) mass is 219 g/mol. The summed E-state index contributed by atoms with van der Waals surface area (Å²) in [5.41, 5.74) is 6.35. The molecule has 0 atom stereocenters. The molecule has 0 spiro atoms. The molecule has 2 aromatic heterocycles. The van der Waals surface area contributed by atoms with Crippen molar-refractivity contribution in [1.29, 1.82) is 0 Å². The SMILES string of the molecule is CCOc1cc(C)nc(-n2ccc(N)n2)n1. The van der Waals surface area contributed by atoms with Crippen LogP contribution in [0.25, 0.3) is 5.95 Å². The van der Waals surface area contributed by atoms with Crippen molar-refractivity contribution in [3.8, 4) is 11.8 Å². The van der Waals surface area contributed by atoms with Crippen LogP contribution in [-0.2, 0) is 0 Å². The van der Waals surface area contributed by atoms with Crippen molar-refractivity contribution < 1.29 is 4.74 Å². The number of rotatable bonds is 3. The van der Waals surface area contributed by atoms with Gasteiger partial charge in [0.2, 0.25) is 5.88 Å². The Bertz CT molecular complexity index is 494. The van der Waals surface area contributed by atoms with E-state index in [2.05, 4.69) is 15.1 Å². The molecule has 0 unspecified atom stereocenters. The first-order valence-electron chi connectivity index (χ1n) is 4.99. The molecular formula is C10H13N5O. The minimum atomic E-state index is 0.433. The summed E-state index contributed by atoms with van der Waals surface area (Å²) >= 11 is 0. The highest BCUT2D eigenvalue weighted by Gasteiger charge is 2.05. The van der Waals surface area contributed by atoms with E-state index >= 15 is 0 Å². The highest BCUT2D eigenvalue weighted by atomic mass is 16.5. The van der Waals surface area contributed by atoms with E-state index in [4.69, 9.17) is 10.5 Å². The number of aryl methyl sites for hydroxylation is 1. The summed E-state index contributed by atoms with van der Waals surface area (Å²) in [4.78, 5) is 8.47. The number of ether oxygens (including phenoxy) is 1. The minimum Gasteiger partial charge on any atom is -0.478 e. The first-order valence-corrected chi connectivity index (χ1v) is 4.99. The van der Waals surface area contributed by atoms with Gasteiger partial charge in [0.15, 0.2) is 0 Å². The van der Waals surface area contributed by atoms with E-state index in [1.807, 2.05) is 13.8 Å². The zero-order chi connectivity index (χ0) is 11.5. The molecule has 0 aliphatic rings. The van der Waals surface area contributed by atoms with Gasteiger partial charge < -0.3 is 10.5 Å². The molecule has 0 aliphatic heterocycles. The van der Waals surface area contributed by atoms with Crippen LogP contribution in [0.5, 0.6) is 5.88 Å². The van der Waals surface area contributed by atoms with E-state index in [1.165, 1.54) is 4.68 Å². The van der Waals surface area contributed by atoms with Crippen molar-refractivity contribution in [2.75, 3.05) is 12.3 Å². The molecule has 0 amide bonds. The fourth-order valence-electron chi connectivity index (χ4n) is 1.30. The van der Waals surface area contributed by atoms with E-state index < -0.39 is 0 Å². The van der Waals surface area contributed by atoms with Gasteiger partial charge in [-0.2, -0.15) is 4.98 Å². The normalized spacial score (nSPS) is 10.4. The number of nitrogens with zero attached hydrogens (tertiary/aromatic N) is 4. The van der Waals surface area contributed by atoms with Crippen LogP contribution in [0.1, 0.15) is 12.6 Å². The number of nitrogens with two attached hydrogens (primary N) is 1. The van der Waals surface area contributed by atoms with Gasteiger partial charge in [0.1, 0.15) is 5.82 Å². The van der Waals surface area contributed by atoms with Crippen molar-refractivity contribution in [3.05, 3.63) is 24.0 Å². The summed E-state index contributed by atoms with van der Waals surface area (Å²) in [6.45, 7) is 4.35. The number of hydrogen-bond acceptors (Lipinski definition) is 5. The van der Waals surface area contributed by atoms with Crippen LogP contribution < -0.4 is 10.5 Å². The smallest absolute Gasteiger partial charge is 0.254 e. The molecule has 0 saturated carbocycles. The molecule has 0 fully saturated rings. The van der Waals surface area contributed by atoms with E-state index in [0.717, 1.165) is 5.69 Å². The average Bonchev–Trinajstić information content (AvgIpc) is 2.64. The summed E-state index contributed by atoms with van der Waals surface area (Å²) in [6, 6.07) is 3.46. The summed E-state index contributed by atoms with van der Waals surface area (Å²) < 4.78 is 6.85. The molecule has 2 rings (SSSR count). The topological polar surface area (TPSA) is 78.9 Å². The largest absolute Gasteiger partial charge is 0.478 e. The molecule has 0 bridgehead atoms. The number of anilines is 1. The van der Waals surface area contributed by atoms with Crippen molar-refractivity contribution in [2.24, 2.45) is 0 Å². The molecule has 2 N–H and O–H groups in total. The molecule has 2 aromatic rings. The molecule has 16 heavy (non-hydrogen) atoms. The number of aromatic nitrogens is 4. The van der Waals surface area contributed by atoms with Crippen LogP contribution >= 0.6 is 0 Å². The van der Waals surface area contributed by atoms with Gasteiger partial charge in [0.05, 0.1) is 6.61 Å². The lowest BCUT2D eigenvalue weighted by Gasteiger charge is -2.05. The van der Waals surface area contributed by atoms with Crippen molar-refractivity contribution in [3.63, 3.8) is 0 Å². The van der Waals surface area contributed by atoms with Gasteiger partial charge in [-0.1, -0.05) is 0 Å². The maximum atomic E-state index is 5.53. The molecule has 6 nitrogen and oxygen atoms in total. The van der Waals surface area contributed by atoms with Gasteiger partial charge in [-0.15, -0.1) is 5.10 Å². The van der Waals surface area contributed by atoms with E-state index in [0.29, 0.717) is 24.3 Å². The second-order valence-corrected chi connectivity index (χ2v) is 3.27. The first-order chi connectivity index (χ1) is 7.69. The Morgan fingerprint density at radius 2 is 2.25 bits per heavy atom. The van der Waals surface area contributed by atoms with E-state index in [-0.39, 0.29) is 0 Å². The Hall–Kier alpha value is -2.11. The first kappa shape index (κ1) is 10.4. The number of nitrogen functional groups attached to an aromatic ring is 1. The maximum absolute atomic E-state index is 5.53. The zero-order valence-corrected chi connectivity index (χ0v) is 9.21. The summed E-state index contributed by atoms with van der Waals surface area (Å²) in [5.74, 6) is 1.43. The predicted octanol–water partition coefficient (Wildman–Crippen LogP) is 0.952. The third kappa shape index (κ3) is 2.10. The standard InChI is InChI=1S/C10H13N5O/c1-3-16-9-6-7(2)12-10(13-9)15-5-4-8(11)14-15/h4-6H,3H2,1-2H3,(H2,11,14). The lowest BCUT2D eigenvalue weighted by Crippen LogP contribution is -2.06. The molecule has 0 radical (unpaired) electrons. The molecule has 84 valence electrons.